The maximum absolute atomic E-state index is 9.74. The zero-order valence-corrected chi connectivity index (χ0v) is 11.4. The van der Waals surface area contributed by atoms with Crippen LogP contribution in [0, 0.1) is 11.3 Å². The van der Waals surface area contributed by atoms with Gasteiger partial charge in [-0.05, 0) is 44.6 Å². The van der Waals surface area contributed by atoms with E-state index in [1.165, 1.54) is 45.1 Å². The van der Waals surface area contributed by atoms with E-state index in [0.29, 0.717) is 6.61 Å². The Balaban J connectivity index is 1.66. The number of likely N-dealkylation sites (tertiary alicyclic amines) is 1. The maximum Gasteiger partial charge on any atom is 0.0557 e. The summed E-state index contributed by atoms with van der Waals surface area (Å²) in [6.07, 6.45) is 9.48. The van der Waals surface area contributed by atoms with Gasteiger partial charge in [-0.3, -0.25) is 4.90 Å². The Morgan fingerprint density at radius 2 is 2.00 bits per heavy atom. The lowest BCUT2D eigenvalue weighted by Crippen LogP contribution is -2.52. The zero-order chi connectivity index (χ0) is 12.4. The smallest absolute Gasteiger partial charge is 0.0557 e. The fourth-order valence-corrected chi connectivity index (χ4v) is 4.30. The monoisotopic (exact) mass is 253 g/mol. The number of rotatable bonds is 3. The van der Waals surface area contributed by atoms with Crippen LogP contribution in [0.4, 0.5) is 0 Å². The Morgan fingerprint density at radius 1 is 1.17 bits per heavy atom. The van der Waals surface area contributed by atoms with Crippen molar-refractivity contribution in [3.8, 4) is 0 Å². The molecule has 0 radical (unpaired) electrons. The fraction of sp³-hybridized carbons (Fsp3) is 1.00. The van der Waals surface area contributed by atoms with E-state index in [1.807, 2.05) is 0 Å². The van der Waals surface area contributed by atoms with Crippen molar-refractivity contribution in [1.82, 2.24) is 4.90 Å². The van der Waals surface area contributed by atoms with Crippen molar-refractivity contribution in [1.29, 1.82) is 0 Å². The summed E-state index contributed by atoms with van der Waals surface area (Å²) >= 11 is 0. The highest BCUT2D eigenvalue weighted by Crippen LogP contribution is 2.38. The highest BCUT2D eigenvalue weighted by atomic mass is 16.5. The molecule has 1 N–H and O–H groups in total. The zero-order valence-electron chi connectivity index (χ0n) is 11.4. The van der Waals surface area contributed by atoms with E-state index in [4.69, 9.17) is 4.74 Å². The van der Waals surface area contributed by atoms with Crippen LogP contribution >= 0.6 is 0 Å². The summed E-state index contributed by atoms with van der Waals surface area (Å²) in [6, 6.07) is 0.802. The van der Waals surface area contributed by atoms with Gasteiger partial charge in [0.25, 0.3) is 0 Å². The average Bonchev–Trinajstić information content (AvgIpc) is 2.88. The molecule has 0 aromatic rings. The summed E-state index contributed by atoms with van der Waals surface area (Å²) in [5, 5.41) is 9.74. The Bertz CT molecular complexity index is 274. The Hall–Kier alpha value is -0.120. The summed E-state index contributed by atoms with van der Waals surface area (Å²) in [7, 11) is 0. The molecule has 0 aromatic heterocycles. The quantitative estimate of drug-likeness (QED) is 0.835. The van der Waals surface area contributed by atoms with Gasteiger partial charge in [-0.25, -0.2) is 0 Å². The van der Waals surface area contributed by atoms with E-state index in [2.05, 4.69) is 4.90 Å². The minimum absolute atomic E-state index is 0.0410. The summed E-state index contributed by atoms with van der Waals surface area (Å²) < 4.78 is 5.54. The second-order valence-electron chi connectivity index (χ2n) is 6.69. The number of aliphatic hydroxyl groups is 1. The molecule has 3 aliphatic rings. The van der Waals surface area contributed by atoms with Gasteiger partial charge in [0.05, 0.1) is 13.2 Å². The Morgan fingerprint density at radius 3 is 2.78 bits per heavy atom. The van der Waals surface area contributed by atoms with E-state index in [0.717, 1.165) is 38.1 Å². The molecular weight excluding hydrogens is 226 g/mol. The predicted octanol–water partition coefficient (Wildman–Crippen LogP) is 2.04. The normalized spacial score (nSPS) is 41.8. The van der Waals surface area contributed by atoms with Crippen LogP contribution < -0.4 is 0 Å². The molecule has 3 atom stereocenters. The summed E-state index contributed by atoms with van der Waals surface area (Å²) in [6.45, 7) is 4.19. The molecule has 0 spiro atoms. The summed E-state index contributed by atoms with van der Waals surface area (Å²) in [5.41, 5.74) is 0.0410. The van der Waals surface area contributed by atoms with Crippen LogP contribution in [0.3, 0.4) is 0 Å². The van der Waals surface area contributed by atoms with Crippen LogP contribution in [-0.4, -0.2) is 49.0 Å². The van der Waals surface area contributed by atoms with Gasteiger partial charge in [-0.2, -0.15) is 0 Å². The molecule has 0 aromatic carbocycles. The number of nitrogens with zero attached hydrogens (tertiary/aromatic N) is 1. The first-order chi connectivity index (χ1) is 8.83. The lowest BCUT2D eigenvalue weighted by molar-refractivity contribution is -0.00187. The average molecular weight is 253 g/mol. The van der Waals surface area contributed by atoms with Gasteiger partial charge >= 0.3 is 0 Å². The SMILES string of the molecule is OCC1(CN2CCC[C@H]3CCCC[C@H]32)CCOC1. The van der Waals surface area contributed by atoms with Crippen molar-refractivity contribution in [2.75, 3.05) is 32.9 Å². The second-order valence-corrected chi connectivity index (χ2v) is 6.69. The molecule has 1 saturated carbocycles. The molecule has 2 aliphatic heterocycles. The third-order valence-electron chi connectivity index (χ3n) is 5.42. The molecule has 18 heavy (non-hydrogen) atoms. The first-order valence-corrected chi connectivity index (χ1v) is 7.76. The molecule has 104 valence electrons. The van der Waals surface area contributed by atoms with Crippen molar-refractivity contribution in [3.05, 3.63) is 0 Å². The van der Waals surface area contributed by atoms with E-state index < -0.39 is 0 Å². The van der Waals surface area contributed by atoms with Crippen LogP contribution in [0.15, 0.2) is 0 Å². The number of piperidine rings is 1. The predicted molar refractivity (Wildman–Crippen MR) is 71.5 cm³/mol. The maximum atomic E-state index is 9.74. The van der Waals surface area contributed by atoms with Crippen LogP contribution in [0.5, 0.6) is 0 Å². The molecule has 1 unspecified atom stereocenters. The van der Waals surface area contributed by atoms with Crippen LogP contribution in [-0.2, 0) is 4.74 Å². The van der Waals surface area contributed by atoms with Gasteiger partial charge in [0.1, 0.15) is 0 Å². The summed E-state index contributed by atoms with van der Waals surface area (Å²) in [5.74, 6) is 0.936. The molecule has 0 bridgehead atoms. The molecule has 3 heteroatoms. The molecule has 2 heterocycles. The lowest BCUT2D eigenvalue weighted by atomic mass is 9.77. The van der Waals surface area contributed by atoms with Gasteiger partial charge < -0.3 is 9.84 Å². The topological polar surface area (TPSA) is 32.7 Å². The van der Waals surface area contributed by atoms with Gasteiger partial charge in [-0.1, -0.05) is 12.8 Å². The molecular formula is C15H27NO2. The number of hydrogen-bond donors (Lipinski definition) is 1. The van der Waals surface area contributed by atoms with Gasteiger partial charge in [0.15, 0.2) is 0 Å². The van der Waals surface area contributed by atoms with Crippen LogP contribution in [0.2, 0.25) is 0 Å². The van der Waals surface area contributed by atoms with Crippen LogP contribution in [0.1, 0.15) is 44.9 Å². The second kappa shape index (κ2) is 5.48. The first kappa shape index (κ1) is 12.9. The molecule has 2 saturated heterocycles. The largest absolute Gasteiger partial charge is 0.396 e. The van der Waals surface area contributed by atoms with E-state index in [1.54, 1.807) is 0 Å². The third-order valence-corrected chi connectivity index (χ3v) is 5.42. The van der Waals surface area contributed by atoms with Crippen molar-refractivity contribution < 1.29 is 9.84 Å². The van der Waals surface area contributed by atoms with Crippen molar-refractivity contribution in [2.24, 2.45) is 11.3 Å². The number of aliphatic hydroxyl groups excluding tert-OH is 1. The number of fused-ring (bicyclic) bond motifs is 1. The van der Waals surface area contributed by atoms with Crippen molar-refractivity contribution in [3.63, 3.8) is 0 Å². The molecule has 1 aliphatic carbocycles. The van der Waals surface area contributed by atoms with Crippen molar-refractivity contribution >= 4 is 0 Å². The molecule has 3 fully saturated rings. The first-order valence-electron chi connectivity index (χ1n) is 7.76. The molecule has 3 nitrogen and oxygen atoms in total. The highest BCUT2D eigenvalue weighted by Gasteiger charge is 2.40. The lowest BCUT2D eigenvalue weighted by Gasteiger charge is -2.47. The minimum Gasteiger partial charge on any atom is -0.396 e. The Kier molecular flexibility index (Phi) is 3.92. The Labute approximate surface area is 110 Å². The fourth-order valence-electron chi connectivity index (χ4n) is 4.30. The standard InChI is InChI=1S/C15H27NO2/c17-11-15(7-9-18-12-15)10-16-8-3-5-13-4-1-2-6-14(13)16/h13-14,17H,1-12H2/t13-,14-,15?/m1/s1. The molecule has 0 amide bonds. The van der Waals surface area contributed by atoms with Gasteiger partial charge in [0, 0.05) is 24.6 Å². The number of ether oxygens (including phenoxy) is 1. The third kappa shape index (κ3) is 2.45. The van der Waals surface area contributed by atoms with Crippen molar-refractivity contribution in [2.45, 2.75) is 51.0 Å². The number of hydrogen-bond acceptors (Lipinski definition) is 3. The van der Waals surface area contributed by atoms with E-state index in [9.17, 15) is 5.11 Å². The minimum atomic E-state index is 0.0410. The highest BCUT2D eigenvalue weighted by molar-refractivity contribution is 4.93. The van der Waals surface area contributed by atoms with E-state index in [-0.39, 0.29) is 5.41 Å². The van der Waals surface area contributed by atoms with Gasteiger partial charge in [-0.15, -0.1) is 0 Å². The van der Waals surface area contributed by atoms with E-state index >= 15 is 0 Å². The van der Waals surface area contributed by atoms with Crippen LogP contribution in [0.25, 0.3) is 0 Å². The molecule has 3 rings (SSSR count). The van der Waals surface area contributed by atoms with Gasteiger partial charge in [0.2, 0.25) is 0 Å². The summed E-state index contributed by atoms with van der Waals surface area (Å²) in [4.78, 5) is 2.69.